The minimum Gasteiger partial charge on any atom is -0.481 e. The molecule has 1 aliphatic carbocycles. The summed E-state index contributed by atoms with van der Waals surface area (Å²) in [7, 11) is 0. The monoisotopic (exact) mass is 346 g/mol. The van der Waals surface area contributed by atoms with Gasteiger partial charge in [-0.25, -0.2) is 0 Å². The number of carboxylic acid groups (broad SMARTS) is 1. The van der Waals surface area contributed by atoms with E-state index in [1.807, 2.05) is 38.1 Å². The van der Waals surface area contributed by atoms with Gasteiger partial charge in [0.15, 0.2) is 0 Å². The zero-order chi connectivity index (χ0) is 18.8. The first kappa shape index (κ1) is 19.3. The van der Waals surface area contributed by atoms with Crippen LogP contribution in [0.4, 0.5) is 11.4 Å². The lowest BCUT2D eigenvalue weighted by Gasteiger charge is -2.37. The van der Waals surface area contributed by atoms with E-state index in [1.54, 1.807) is 6.92 Å². The number of hydrogen-bond donors (Lipinski definition) is 2. The second-order valence-corrected chi connectivity index (χ2v) is 7.66. The number of nitrogens with zero attached hydrogens (tertiary/aromatic N) is 1. The number of carboxylic acids is 1. The fourth-order valence-corrected chi connectivity index (χ4v) is 3.92. The van der Waals surface area contributed by atoms with Gasteiger partial charge in [0.1, 0.15) is 0 Å². The van der Waals surface area contributed by atoms with Crippen LogP contribution in [0.5, 0.6) is 0 Å². The molecule has 25 heavy (non-hydrogen) atoms. The third-order valence-electron chi connectivity index (χ3n) is 6.28. The first-order valence-electron chi connectivity index (χ1n) is 9.06. The first-order chi connectivity index (χ1) is 11.7. The summed E-state index contributed by atoms with van der Waals surface area (Å²) in [5.74, 6) is -1.22. The van der Waals surface area contributed by atoms with Crippen molar-refractivity contribution in [2.45, 2.75) is 47.5 Å². The van der Waals surface area contributed by atoms with Gasteiger partial charge in [-0.3, -0.25) is 9.59 Å². The Labute approximate surface area is 150 Å². The molecule has 1 fully saturated rings. The summed E-state index contributed by atoms with van der Waals surface area (Å²) in [6.45, 7) is 11.6. The Balaban J connectivity index is 2.11. The van der Waals surface area contributed by atoms with E-state index < -0.39 is 16.8 Å². The Bertz CT molecular complexity index is 635. The lowest BCUT2D eigenvalue weighted by Crippen LogP contribution is -2.43. The van der Waals surface area contributed by atoms with Crippen molar-refractivity contribution in [3.8, 4) is 0 Å². The molecule has 5 heteroatoms. The van der Waals surface area contributed by atoms with Crippen LogP contribution >= 0.6 is 0 Å². The third kappa shape index (κ3) is 3.37. The maximum atomic E-state index is 12.8. The van der Waals surface area contributed by atoms with Crippen LogP contribution in [-0.4, -0.2) is 30.1 Å². The highest BCUT2D eigenvalue weighted by Crippen LogP contribution is 2.56. The van der Waals surface area contributed by atoms with Crippen LogP contribution in [0.2, 0.25) is 0 Å². The van der Waals surface area contributed by atoms with Crippen molar-refractivity contribution in [1.82, 2.24) is 0 Å². The minimum atomic E-state index is -0.873. The second-order valence-electron chi connectivity index (χ2n) is 7.66. The fraction of sp³-hybridized carbons (Fsp3) is 0.600. The van der Waals surface area contributed by atoms with Crippen LogP contribution in [0.1, 0.15) is 47.5 Å². The van der Waals surface area contributed by atoms with Gasteiger partial charge < -0.3 is 15.3 Å². The molecule has 0 aliphatic heterocycles. The van der Waals surface area contributed by atoms with Crippen molar-refractivity contribution < 1.29 is 14.7 Å². The molecular formula is C20H30N2O3. The van der Waals surface area contributed by atoms with Crippen molar-refractivity contribution in [1.29, 1.82) is 0 Å². The SMILES string of the molecule is CCN(CC)c1ccc(NC(=O)C2CCC(C)(C(=O)O)C2(C)C)cc1. The number of carbonyl (C=O) groups excluding carboxylic acids is 1. The number of nitrogens with one attached hydrogen (secondary N) is 1. The Morgan fingerprint density at radius 1 is 1.16 bits per heavy atom. The molecule has 1 aromatic carbocycles. The summed E-state index contributed by atoms with van der Waals surface area (Å²) in [5, 5.41) is 12.6. The highest BCUT2D eigenvalue weighted by atomic mass is 16.4. The van der Waals surface area contributed by atoms with E-state index in [-0.39, 0.29) is 11.8 Å². The molecule has 0 saturated heterocycles. The van der Waals surface area contributed by atoms with Crippen molar-refractivity contribution in [2.75, 3.05) is 23.3 Å². The standard InChI is InChI=1S/C20H30N2O3/c1-6-22(7-2)15-10-8-14(9-11-15)21-17(23)16-12-13-20(5,18(24)25)19(16,3)4/h8-11,16H,6-7,12-13H2,1-5H3,(H,21,23)(H,24,25). The van der Waals surface area contributed by atoms with E-state index >= 15 is 0 Å². The number of aliphatic carboxylic acids is 1. The lowest BCUT2D eigenvalue weighted by atomic mass is 9.65. The summed E-state index contributed by atoms with van der Waals surface area (Å²) < 4.78 is 0. The van der Waals surface area contributed by atoms with E-state index in [4.69, 9.17) is 0 Å². The van der Waals surface area contributed by atoms with Crippen LogP contribution in [0, 0.1) is 16.7 Å². The molecule has 1 amide bonds. The summed E-state index contributed by atoms with van der Waals surface area (Å²) in [6.07, 6.45) is 1.12. The molecule has 0 heterocycles. The maximum absolute atomic E-state index is 12.8. The van der Waals surface area contributed by atoms with E-state index in [2.05, 4.69) is 24.1 Å². The van der Waals surface area contributed by atoms with Gasteiger partial charge in [-0.15, -0.1) is 0 Å². The number of carbonyl (C=O) groups is 2. The van der Waals surface area contributed by atoms with Crippen LogP contribution in [-0.2, 0) is 9.59 Å². The number of anilines is 2. The number of benzene rings is 1. The van der Waals surface area contributed by atoms with Gasteiger partial charge in [0, 0.05) is 30.4 Å². The molecular weight excluding hydrogens is 316 g/mol. The van der Waals surface area contributed by atoms with E-state index in [0.717, 1.165) is 24.5 Å². The quantitative estimate of drug-likeness (QED) is 0.817. The smallest absolute Gasteiger partial charge is 0.309 e. The average Bonchev–Trinajstić information content (AvgIpc) is 2.81. The minimum absolute atomic E-state index is 0.0921. The number of hydrogen-bond acceptors (Lipinski definition) is 3. The predicted octanol–water partition coefficient (Wildman–Crippen LogP) is 4.00. The largest absolute Gasteiger partial charge is 0.481 e. The van der Waals surface area contributed by atoms with Crippen molar-refractivity contribution in [3.05, 3.63) is 24.3 Å². The van der Waals surface area contributed by atoms with Gasteiger partial charge in [-0.2, -0.15) is 0 Å². The molecule has 0 radical (unpaired) electrons. The van der Waals surface area contributed by atoms with E-state index in [9.17, 15) is 14.7 Å². The molecule has 2 atom stereocenters. The first-order valence-corrected chi connectivity index (χ1v) is 9.06. The van der Waals surface area contributed by atoms with E-state index in [1.165, 1.54) is 0 Å². The number of amides is 1. The molecule has 0 aromatic heterocycles. The van der Waals surface area contributed by atoms with Crippen LogP contribution < -0.4 is 10.2 Å². The zero-order valence-corrected chi connectivity index (χ0v) is 15.9. The Kier molecular flexibility index (Phi) is 5.45. The van der Waals surface area contributed by atoms with Crippen LogP contribution in [0.25, 0.3) is 0 Å². The topological polar surface area (TPSA) is 69.6 Å². The maximum Gasteiger partial charge on any atom is 0.309 e. The van der Waals surface area contributed by atoms with Gasteiger partial charge >= 0.3 is 5.97 Å². The van der Waals surface area contributed by atoms with Gasteiger partial charge in [0.2, 0.25) is 5.91 Å². The van der Waals surface area contributed by atoms with Crippen molar-refractivity contribution in [3.63, 3.8) is 0 Å². The van der Waals surface area contributed by atoms with Gasteiger partial charge in [-0.05, 0) is 63.3 Å². The van der Waals surface area contributed by atoms with Gasteiger partial charge in [0.25, 0.3) is 0 Å². The van der Waals surface area contributed by atoms with Gasteiger partial charge in [0.05, 0.1) is 5.41 Å². The summed E-state index contributed by atoms with van der Waals surface area (Å²) in [6, 6.07) is 7.82. The normalized spacial score (nSPS) is 24.8. The highest BCUT2D eigenvalue weighted by molar-refractivity contribution is 5.94. The molecule has 2 N–H and O–H groups in total. The lowest BCUT2D eigenvalue weighted by molar-refractivity contribution is -0.154. The predicted molar refractivity (Wildman–Crippen MR) is 101 cm³/mol. The second kappa shape index (κ2) is 7.06. The Hall–Kier alpha value is -2.04. The van der Waals surface area contributed by atoms with Crippen LogP contribution in [0.3, 0.4) is 0 Å². The summed E-state index contributed by atoms with van der Waals surface area (Å²) in [4.78, 5) is 26.7. The molecule has 138 valence electrons. The third-order valence-corrected chi connectivity index (χ3v) is 6.28. The zero-order valence-electron chi connectivity index (χ0n) is 15.9. The molecule has 1 aliphatic rings. The molecule has 0 bridgehead atoms. The molecule has 0 spiro atoms. The molecule has 1 aromatic rings. The summed E-state index contributed by atoms with van der Waals surface area (Å²) in [5.41, 5.74) is 0.411. The highest BCUT2D eigenvalue weighted by Gasteiger charge is 2.58. The van der Waals surface area contributed by atoms with E-state index in [0.29, 0.717) is 12.8 Å². The molecule has 1 saturated carbocycles. The average molecular weight is 346 g/mol. The number of rotatable bonds is 6. The summed E-state index contributed by atoms with van der Waals surface area (Å²) >= 11 is 0. The Morgan fingerprint density at radius 3 is 2.16 bits per heavy atom. The van der Waals surface area contributed by atoms with Crippen LogP contribution in [0.15, 0.2) is 24.3 Å². The Morgan fingerprint density at radius 2 is 1.72 bits per heavy atom. The van der Waals surface area contributed by atoms with Crippen molar-refractivity contribution in [2.24, 2.45) is 16.7 Å². The fourth-order valence-electron chi connectivity index (χ4n) is 3.92. The molecule has 2 rings (SSSR count). The molecule has 5 nitrogen and oxygen atoms in total. The van der Waals surface area contributed by atoms with Crippen molar-refractivity contribution >= 4 is 23.3 Å². The van der Waals surface area contributed by atoms with Gasteiger partial charge in [-0.1, -0.05) is 13.8 Å². The molecule has 2 unspecified atom stereocenters.